The molecule has 0 saturated carbocycles. The Morgan fingerprint density at radius 3 is 2.35 bits per heavy atom. The van der Waals surface area contributed by atoms with Gasteiger partial charge >= 0.3 is 5.97 Å². The van der Waals surface area contributed by atoms with Gasteiger partial charge in [0.25, 0.3) is 0 Å². The molecular formula is C21H23NO8S. The summed E-state index contributed by atoms with van der Waals surface area (Å²) in [5, 5.41) is 0. The number of hydrogen-bond acceptors (Lipinski definition) is 8. The number of ether oxygens (including phenoxy) is 4. The van der Waals surface area contributed by atoms with Crippen molar-refractivity contribution in [3.8, 4) is 11.5 Å². The Bertz CT molecular complexity index is 1060. The van der Waals surface area contributed by atoms with E-state index in [0.717, 1.165) is 0 Å². The SMILES string of the molecule is COc1ccccc1C(=O)COC(=O)c1ccc(OC)c(S(=O)(=O)N2CCOCC2)c1. The molecule has 1 fully saturated rings. The minimum atomic E-state index is -3.91. The predicted octanol–water partition coefficient (Wildman–Crippen LogP) is 1.76. The molecule has 0 N–H and O–H groups in total. The van der Waals surface area contributed by atoms with Crippen LogP contribution in [0.15, 0.2) is 47.4 Å². The van der Waals surface area contributed by atoms with Crippen molar-refractivity contribution in [1.82, 2.24) is 4.31 Å². The molecule has 9 nitrogen and oxygen atoms in total. The van der Waals surface area contributed by atoms with Gasteiger partial charge < -0.3 is 18.9 Å². The van der Waals surface area contributed by atoms with Gasteiger partial charge in [0.05, 0.1) is 38.6 Å². The van der Waals surface area contributed by atoms with Gasteiger partial charge in [0.2, 0.25) is 15.8 Å². The summed E-state index contributed by atoms with van der Waals surface area (Å²) >= 11 is 0. The van der Waals surface area contributed by atoms with Crippen molar-refractivity contribution in [3.63, 3.8) is 0 Å². The molecule has 166 valence electrons. The molecule has 0 bridgehead atoms. The average molecular weight is 449 g/mol. The minimum absolute atomic E-state index is 0.0135. The van der Waals surface area contributed by atoms with Crippen molar-refractivity contribution >= 4 is 21.8 Å². The van der Waals surface area contributed by atoms with E-state index in [4.69, 9.17) is 18.9 Å². The van der Waals surface area contributed by atoms with Crippen LogP contribution < -0.4 is 9.47 Å². The fourth-order valence-corrected chi connectivity index (χ4v) is 4.69. The molecule has 31 heavy (non-hydrogen) atoms. The quantitative estimate of drug-likeness (QED) is 0.443. The lowest BCUT2D eigenvalue weighted by Gasteiger charge is -2.26. The second kappa shape index (κ2) is 9.90. The largest absolute Gasteiger partial charge is 0.496 e. The van der Waals surface area contributed by atoms with Gasteiger partial charge in [-0.3, -0.25) is 4.79 Å². The number of para-hydroxylation sites is 1. The van der Waals surface area contributed by atoms with Gasteiger partial charge in [-0.05, 0) is 30.3 Å². The maximum atomic E-state index is 13.0. The number of Topliss-reactive ketones (excluding diaryl/α,β-unsaturated/α-hetero) is 1. The van der Waals surface area contributed by atoms with Crippen molar-refractivity contribution in [2.24, 2.45) is 0 Å². The molecular weight excluding hydrogens is 426 g/mol. The van der Waals surface area contributed by atoms with Gasteiger partial charge in [-0.15, -0.1) is 0 Å². The molecule has 3 rings (SSSR count). The highest BCUT2D eigenvalue weighted by molar-refractivity contribution is 7.89. The second-order valence-corrected chi connectivity index (χ2v) is 8.49. The molecule has 0 radical (unpaired) electrons. The van der Waals surface area contributed by atoms with Crippen LogP contribution in [0.2, 0.25) is 0 Å². The average Bonchev–Trinajstić information content (AvgIpc) is 2.82. The fraction of sp³-hybridized carbons (Fsp3) is 0.333. The van der Waals surface area contributed by atoms with Gasteiger partial charge in [-0.1, -0.05) is 12.1 Å². The third-order valence-corrected chi connectivity index (χ3v) is 6.65. The van der Waals surface area contributed by atoms with E-state index in [-0.39, 0.29) is 48.1 Å². The number of ketones is 1. The zero-order valence-corrected chi connectivity index (χ0v) is 18.0. The molecule has 0 aromatic heterocycles. The molecule has 0 atom stereocenters. The first-order chi connectivity index (χ1) is 14.9. The first-order valence-corrected chi connectivity index (χ1v) is 10.9. The van der Waals surface area contributed by atoms with E-state index in [0.29, 0.717) is 5.75 Å². The number of morpholine rings is 1. The van der Waals surface area contributed by atoms with E-state index in [1.54, 1.807) is 24.3 Å². The van der Waals surface area contributed by atoms with Gasteiger partial charge in [-0.25, -0.2) is 13.2 Å². The molecule has 2 aromatic rings. The van der Waals surface area contributed by atoms with Gasteiger partial charge in [-0.2, -0.15) is 4.31 Å². The number of carbonyl (C=O) groups excluding carboxylic acids is 2. The van der Waals surface area contributed by atoms with Crippen LogP contribution in [0.25, 0.3) is 0 Å². The number of nitrogens with zero attached hydrogens (tertiary/aromatic N) is 1. The normalized spacial score (nSPS) is 14.6. The number of hydrogen-bond donors (Lipinski definition) is 0. The summed E-state index contributed by atoms with van der Waals surface area (Å²) in [7, 11) is -1.13. The topological polar surface area (TPSA) is 108 Å². The summed E-state index contributed by atoms with van der Waals surface area (Å²) in [4.78, 5) is 24.8. The molecule has 0 spiro atoms. The van der Waals surface area contributed by atoms with Gasteiger partial charge in [0.15, 0.2) is 6.61 Å². The fourth-order valence-electron chi connectivity index (χ4n) is 3.10. The molecule has 1 heterocycles. The van der Waals surface area contributed by atoms with E-state index >= 15 is 0 Å². The number of carbonyl (C=O) groups is 2. The summed E-state index contributed by atoms with van der Waals surface area (Å²) < 4.78 is 48.0. The molecule has 10 heteroatoms. The van der Waals surface area contributed by atoms with Crippen LogP contribution in [0, 0.1) is 0 Å². The summed E-state index contributed by atoms with van der Waals surface area (Å²) in [6.45, 7) is 0.459. The Balaban J connectivity index is 1.79. The van der Waals surface area contributed by atoms with Crippen molar-refractivity contribution < 1.29 is 37.0 Å². The number of sulfonamides is 1. The van der Waals surface area contributed by atoms with Crippen LogP contribution in [-0.2, 0) is 19.5 Å². The summed E-state index contributed by atoms with van der Waals surface area (Å²) in [5.74, 6) is -0.801. The third kappa shape index (κ3) is 5.04. The maximum Gasteiger partial charge on any atom is 0.338 e. The molecule has 0 aliphatic carbocycles. The van der Waals surface area contributed by atoms with Crippen LogP contribution in [0.1, 0.15) is 20.7 Å². The van der Waals surface area contributed by atoms with Crippen LogP contribution >= 0.6 is 0 Å². The molecule has 2 aromatic carbocycles. The van der Waals surface area contributed by atoms with Gasteiger partial charge in [0.1, 0.15) is 16.4 Å². The van der Waals surface area contributed by atoms with Crippen LogP contribution in [0.4, 0.5) is 0 Å². The van der Waals surface area contributed by atoms with Crippen molar-refractivity contribution in [2.75, 3.05) is 47.1 Å². The minimum Gasteiger partial charge on any atom is -0.496 e. The standard InChI is InChI=1S/C21H23NO8S/c1-27-18-6-4-3-5-16(18)17(23)14-30-21(24)15-7-8-19(28-2)20(13-15)31(25,26)22-9-11-29-12-10-22/h3-8,13H,9-12,14H2,1-2H3. The number of rotatable bonds is 8. The Morgan fingerprint density at radius 2 is 1.68 bits per heavy atom. The van der Waals surface area contributed by atoms with E-state index in [9.17, 15) is 18.0 Å². The Labute approximate surface area is 180 Å². The maximum absolute atomic E-state index is 13.0. The van der Waals surface area contributed by atoms with Crippen LogP contribution in [0.3, 0.4) is 0 Å². The lowest BCUT2D eigenvalue weighted by atomic mass is 10.1. The summed E-state index contributed by atoms with van der Waals surface area (Å²) in [5.41, 5.74) is 0.267. The first kappa shape index (κ1) is 22.7. The van der Waals surface area contributed by atoms with Crippen LogP contribution in [-0.4, -0.2) is 71.6 Å². The molecule has 1 saturated heterocycles. The zero-order chi connectivity index (χ0) is 22.4. The second-order valence-electron chi connectivity index (χ2n) is 6.58. The smallest absolute Gasteiger partial charge is 0.338 e. The van der Waals surface area contributed by atoms with Crippen molar-refractivity contribution in [3.05, 3.63) is 53.6 Å². The summed E-state index contributed by atoms with van der Waals surface area (Å²) in [6.07, 6.45) is 0. The van der Waals surface area contributed by atoms with E-state index < -0.39 is 28.4 Å². The van der Waals surface area contributed by atoms with E-state index in [2.05, 4.69) is 0 Å². The van der Waals surface area contributed by atoms with Crippen molar-refractivity contribution in [2.45, 2.75) is 4.90 Å². The highest BCUT2D eigenvalue weighted by Gasteiger charge is 2.30. The lowest BCUT2D eigenvalue weighted by molar-refractivity contribution is 0.0473. The summed E-state index contributed by atoms with van der Waals surface area (Å²) in [6, 6.07) is 10.5. The Kier molecular flexibility index (Phi) is 7.26. The third-order valence-electron chi connectivity index (χ3n) is 4.73. The molecule has 1 aliphatic heterocycles. The first-order valence-electron chi connectivity index (χ1n) is 9.47. The van der Waals surface area contributed by atoms with Gasteiger partial charge in [0, 0.05) is 13.1 Å². The lowest BCUT2D eigenvalue weighted by Crippen LogP contribution is -2.40. The number of benzene rings is 2. The predicted molar refractivity (Wildman–Crippen MR) is 110 cm³/mol. The van der Waals surface area contributed by atoms with E-state index in [1.807, 2.05) is 0 Å². The Hall–Kier alpha value is -2.95. The number of esters is 1. The van der Waals surface area contributed by atoms with E-state index in [1.165, 1.54) is 36.7 Å². The highest BCUT2D eigenvalue weighted by Crippen LogP contribution is 2.29. The molecule has 0 unspecified atom stereocenters. The van der Waals surface area contributed by atoms with Crippen molar-refractivity contribution in [1.29, 1.82) is 0 Å². The monoisotopic (exact) mass is 449 g/mol. The number of methoxy groups -OCH3 is 2. The molecule has 0 amide bonds. The van der Waals surface area contributed by atoms with Crippen LogP contribution in [0.5, 0.6) is 11.5 Å². The highest BCUT2D eigenvalue weighted by atomic mass is 32.2. The molecule has 1 aliphatic rings. The zero-order valence-electron chi connectivity index (χ0n) is 17.2. The Morgan fingerprint density at radius 1 is 1.00 bits per heavy atom.